The van der Waals surface area contributed by atoms with Gasteiger partial charge in [0, 0.05) is 18.3 Å². The van der Waals surface area contributed by atoms with Gasteiger partial charge in [0.2, 0.25) is 0 Å². The number of carbonyl (C=O) groups is 2. The molecule has 7 nitrogen and oxygen atoms in total. The summed E-state index contributed by atoms with van der Waals surface area (Å²) in [5.74, 6) is -1.59. The first kappa shape index (κ1) is 22.1. The Morgan fingerprint density at radius 3 is 2.61 bits per heavy atom. The van der Waals surface area contributed by atoms with Gasteiger partial charge >= 0.3 is 12.0 Å². The minimum Gasteiger partial charge on any atom is -0.467 e. The molecule has 0 saturated heterocycles. The van der Waals surface area contributed by atoms with E-state index in [4.69, 9.17) is 9.15 Å². The van der Waals surface area contributed by atoms with E-state index in [0.29, 0.717) is 28.8 Å². The number of aromatic amines is 1. The lowest BCUT2D eigenvalue weighted by molar-refractivity contribution is 0.0519. The summed E-state index contributed by atoms with van der Waals surface area (Å²) >= 11 is 0. The number of aromatic nitrogens is 1. The van der Waals surface area contributed by atoms with Crippen LogP contribution in [0.1, 0.15) is 40.0 Å². The van der Waals surface area contributed by atoms with E-state index in [2.05, 4.69) is 10.3 Å². The number of esters is 1. The van der Waals surface area contributed by atoms with Crippen molar-refractivity contribution in [3.05, 3.63) is 76.5 Å². The number of halogens is 2. The van der Waals surface area contributed by atoms with Crippen molar-refractivity contribution >= 4 is 17.7 Å². The fourth-order valence-electron chi connectivity index (χ4n) is 3.20. The summed E-state index contributed by atoms with van der Waals surface area (Å²) in [6.45, 7) is 5.71. The van der Waals surface area contributed by atoms with Crippen LogP contribution in [-0.2, 0) is 17.8 Å². The lowest BCUT2D eigenvalue weighted by Crippen LogP contribution is -2.34. The number of H-pyrrole nitrogens is 1. The van der Waals surface area contributed by atoms with Crippen molar-refractivity contribution < 1.29 is 27.5 Å². The Hall–Kier alpha value is -3.62. The minimum atomic E-state index is -0.884. The molecule has 0 saturated carbocycles. The lowest BCUT2D eigenvalue weighted by Gasteiger charge is -2.23. The van der Waals surface area contributed by atoms with E-state index in [1.165, 1.54) is 11.2 Å². The van der Waals surface area contributed by atoms with Crippen LogP contribution in [0.3, 0.4) is 0 Å². The quantitative estimate of drug-likeness (QED) is 0.520. The van der Waals surface area contributed by atoms with Gasteiger partial charge in [0.05, 0.1) is 25.1 Å². The Bertz CT molecular complexity index is 1080. The first-order chi connectivity index (χ1) is 14.8. The fraction of sp³-hybridized carbons (Fsp3) is 0.273. The number of aryl methyl sites for hydroxylation is 1. The van der Waals surface area contributed by atoms with Gasteiger partial charge in [0.25, 0.3) is 0 Å². The van der Waals surface area contributed by atoms with Gasteiger partial charge in [0.15, 0.2) is 0 Å². The van der Waals surface area contributed by atoms with Crippen LogP contribution in [0, 0.1) is 25.5 Å². The number of nitrogens with zero attached hydrogens (tertiary/aromatic N) is 1. The number of furan rings is 1. The first-order valence-electron chi connectivity index (χ1n) is 9.68. The zero-order valence-electron chi connectivity index (χ0n) is 17.4. The van der Waals surface area contributed by atoms with Crippen molar-refractivity contribution in [3.8, 4) is 0 Å². The van der Waals surface area contributed by atoms with Crippen molar-refractivity contribution in [3.63, 3.8) is 0 Å². The van der Waals surface area contributed by atoms with Crippen molar-refractivity contribution in [2.24, 2.45) is 0 Å². The Balaban J connectivity index is 1.87. The number of amides is 2. The van der Waals surface area contributed by atoms with Gasteiger partial charge in [-0.05, 0) is 56.2 Å². The fourth-order valence-corrected chi connectivity index (χ4v) is 3.20. The van der Waals surface area contributed by atoms with E-state index >= 15 is 0 Å². The highest BCUT2D eigenvalue weighted by Gasteiger charge is 2.23. The van der Waals surface area contributed by atoms with E-state index in [0.717, 1.165) is 17.7 Å². The topological polar surface area (TPSA) is 87.6 Å². The monoisotopic (exact) mass is 431 g/mol. The highest BCUT2D eigenvalue weighted by atomic mass is 19.1. The summed E-state index contributed by atoms with van der Waals surface area (Å²) in [6.07, 6.45) is 1.48. The SMILES string of the molecule is CCOC(=O)c1[nH]c(C)c(CN(Cc2ccco2)C(=O)Nc2ccc(F)cc2F)c1C. The van der Waals surface area contributed by atoms with E-state index in [1.807, 2.05) is 0 Å². The largest absolute Gasteiger partial charge is 0.467 e. The molecule has 0 aliphatic rings. The Labute approximate surface area is 178 Å². The third-order valence-corrected chi connectivity index (χ3v) is 4.81. The van der Waals surface area contributed by atoms with Crippen molar-refractivity contribution in [2.75, 3.05) is 11.9 Å². The number of anilines is 1. The lowest BCUT2D eigenvalue weighted by atomic mass is 10.1. The Kier molecular flexibility index (Phi) is 6.74. The molecule has 0 fully saturated rings. The smallest absolute Gasteiger partial charge is 0.355 e. The van der Waals surface area contributed by atoms with E-state index in [1.54, 1.807) is 32.9 Å². The Morgan fingerprint density at radius 2 is 1.97 bits per heavy atom. The maximum Gasteiger partial charge on any atom is 0.355 e. The summed E-state index contributed by atoms with van der Waals surface area (Å²) in [6, 6.07) is 5.69. The minimum absolute atomic E-state index is 0.0977. The molecule has 31 heavy (non-hydrogen) atoms. The second-order valence-corrected chi connectivity index (χ2v) is 6.94. The summed E-state index contributed by atoms with van der Waals surface area (Å²) < 4.78 is 37.6. The highest BCUT2D eigenvalue weighted by Crippen LogP contribution is 2.23. The summed E-state index contributed by atoms with van der Waals surface area (Å²) in [7, 11) is 0. The molecule has 2 aromatic heterocycles. The normalized spacial score (nSPS) is 10.7. The average Bonchev–Trinajstić information content (AvgIpc) is 3.33. The van der Waals surface area contributed by atoms with Gasteiger partial charge in [-0.3, -0.25) is 0 Å². The number of urea groups is 1. The number of benzene rings is 1. The maximum atomic E-state index is 14.0. The predicted molar refractivity (Wildman–Crippen MR) is 110 cm³/mol. The van der Waals surface area contributed by atoms with E-state index in [-0.39, 0.29) is 25.4 Å². The van der Waals surface area contributed by atoms with Gasteiger partial charge in [-0.25, -0.2) is 18.4 Å². The number of carbonyl (C=O) groups excluding carboxylic acids is 2. The number of ether oxygens (including phenoxy) is 1. The van der Waals surface area contributed by atoms with Crippen LogP contribution in [0.5, 0.6) is 0 Å². The molecule has 0 spiro atoms. The van der Waals surface area contributed by atoms with Crippen LogP contribution in [0.15, 0.2) is 41.0 Å². The number of hydrogen-bond donors (Lipinski definition) is 2. The molecule has 164 valence electrons. The van der Waals surface area contributed by atoms with Gasteiger partial charge in [0.1, 0.15) is 23.1 Å². The van der Waals surface area contributed by atoms with Gasteiger partial charge in [-0.2, -0.15) is 0 Å². The van der Waals surface area contributed by atoms with Crippen LogP contribution in [-0.4, -0.2) is 28.5 Å². The molecule has 0 aliphatic carbocycles. The second-order valence-electron chi connectivity index (χ2n) is 6.94. The van der Waals surface area contributed by atoms with Crippen LogP contribution in [0.25, 0.3) is 0 Å². The zero-order valence-corrected chi connectivity index (χ0v) is 17.4. The molecule has 2 amide bonds. The summed E-state index contributed by atoms with van der Waals surface area (Å²) in [5, 5.41) is 2.46. The summed E-state index contributed by atoms with van der Waals surface area (Å²) in [4.78, 5) is 29.5. The first-order valence-corrected chi connectivity index (χ1v) is 9.68. The summed E-state index contributed by atoms with van der Waals surface area (Å²) in [5.41, 5.74) is 2.25. The molecule has 0 bridgehead atoms. The van der Waals surface area contributed by atoms with Crippen molar-refractivity contribution in [2.45, 2.75) is 33.9 Å². The van der Waals surface area contributed by atoms with Crippen LogP contribution in [0.4, 0.5) is 19.3 Å². The van der Waals surface area contributed by atoms with Gasteiger partial charge < -0.3 is 24.4 Å². The third kappa shape index (κ3) is 5.11. The Morgan fingerprint density at radius 1 is 1.19 bits per heavy atom. The molecule has 9 heteroatoms. The molecule has 1 aromatic carbocycles. The number of nitrogens with one attached hydrogen (secondary N) is 2. The molecule has 0 radical (unpaired) electrons. The molecule has 3 aromatic rings. The molecular formula is C22H23F2N3O4. The number of rotatable bonds is 7. The average molecular weight is 431 g/mol. The van der Waals surface area contributed by atoms with E-state index < -0.39 is 23.6 Å². The highest BCUT2D eigenvalue weighted by molar-refractivity contribution is 5.91. The van der Waals surface area contributed by atoms with Crippen LogP contribution >= 0.6 is 0 Å². The second kappa shape index (κ2) is 9.46. The maximum absolute atomic E-state index is 14.0. The predicted octanol–water partition coefficient (Wildman–Crippen LogP) is 4.91. The molecule has 3 rings (SSSR count). The van der Waals surface area contributed by atoms with Crippen LogP contribution in [0.2, 0.25) is 0 Å². The standard InChI is InChI=1S/C22H23F2N3O4/c1-4-30-21(28)20-13(2)17(14(3)25-20)12-27(11-16-6-5-9-31-16)22(29)26-19-8-7-15(23)10-18(19)24/h5-10,25H,4,11-12H2,1-3H3,(H,26,29). The van der Waals surface area contributed by atoms with Gasteiger partial charge in [-0.15, -0.1) is 0 Å². The molecular weight excluding hydrogens is 408 g/mol. The van der Waals surface area contributed by atoms with Gasteiger partial charge in [-0.1, -0.05) is 0 Å². The molecule has 2 N–H and O–H groups in total. The molecule has 2 heterocycles. The van der Waals surface area contributed by atoms with Crippen molar-refractivity contribution in [1.82, 2.24) is 9.88 Å². The third-order valence-electron chi connectivity index (χ3n) is 4.81. The van der Waals surface area contributed by atoms with Crippen molar-refractivity contribution in [1.29, 1.82) is 0 Å². The molecule has 0 unspecified atom stereocenters. The van der Waals surface area contributed by atoms with Crippen LogP contribution < -0.4 is 5.32 Å². The van der Waals surface area contributed by atoms with E-state index in [9.17, 15) is 18.4 Å². The molecule has 0 aliphatic heterocycles. The zero-order chi connectivity index (χ0) is 22.5. The number of hydrogen-bond acceptors (Lipinski definition) is 4. The molecule has 0 atom stereocenters.